The van der Waals surface area contributed by atoms with E-state index < -0.39 is 49.2 Å². The summed E-state index contributed by atoms with van der Waals surface area (Å²) >= 11 is 0. The first-order valence-electron chi connectivity index (χ1n) is 8.18. The monoisotopic (exact) mass is 416 g/mol. The molecule has 0 bridgehead atoms. The average Bonchev–Trinajstić information content (AvgIpc) is 3.17. The molecule has 1 saturated heterocycles. The van der Waals surface area contributed by atoms with Gasteiger partial charge < -0.3 is 26.0 Å². The summed E-state index contributed by atoms with van der Waals surface area (Å²) in [5.41, 5.74) is 4.69. The molecule has 1 aliphatic heterocycles. The molecule has 3 rings (SSSR count). The maximum atomic E-state index is 12.3. The Morgan fingerprint density at radius 1 is 1.48 bits per heavy atom. The van der Waals surface area contributed by atoms with Gasteiger partial charge in [-0.25, -0.2) is 4.68 Å². The molecular formula is C15H15F3N6O5. The van der Waals surface area contributed by atoms with Gasteiger partial charge in [0.25, 0.3) is 5.56 Å². The molecule has 1 aliphatic rings. The predicted octanol–water partition coefficient (Wildman–Crippen LogP) is -1.63. The average molecular weight is 416 g/mol. The second-order valence-electron chi connectivity index (χ2n) is 6.04. The van der Waals surface area contributed by atoms with Gasteiger partial charge in [-0.3, -0.25) is 14.6 Å². The Labute approximate surface area is 159 Å². The Kier molecular flexibility index (Phi) is 5.46. The molecular weight excluding hydrogens is 401 g/mol. The van der Waals surface area contributed by atoms with Crippen LogP contribution in [0.5, 0.6) is 0 Å². The molecule has 2 aromatic rings. The normalized spacial score (nSPS) is 21.8. The van der Waals surface area contributed by atoms with Gasteiger partial charge in [-0.15, -0.1) is 0 Å². The molecule has 14 heteroatoms. The molecule has 1 unspecified atom stereocenters. The number of halogens is 3. The lowest BCUT2D eigenvalue weighted by atomic mass is 10.2. The molecule has 156 valence electrons. The number of nitrogens with zero attached hydrogens (tertiary/aromatic N) is 3. The summed E-state index contributed by atoms with van der Waals surface area (Å²) < 4.78 is 43.2. The molecule has 6 N–H and O–H groups in total. The van der Waals surface area contributed by atoms with E-state index in [1.54, 1.807) is 5.32 Å². The lowest BCUT2D eigenvalue weighted by molar-refractivity contribution is -0.173. The fraction of sp³-hybridized carbons (Fsp3) is 0.467. The van der Waals surface area contributed by atoms with Gasteiger partial charge in [0.05, 0.1) is 19.3 Å². The number of aliphatic hydroxyl groups is 2. The zero-order valence-electron chi connectivity index (χ0n) is 14.5. The summed E-state index contributed by atoms with van der Waals surface area (Å²) in [5, 5.41) is 24.7. The first-order valence-corrected chi connectivity index (χ1v) is 8.18. The Hall–Kier alpha value is -3.15. The highest BCUT2D eigenvalue weighted by Gasteiger charge is 2.38. The third kappa shape index (κ3) is 4.16. The second-order valence-corrected chi connectivity index (χ2v) is 6.04. The van der Waals surface area contributed by atoms with Crippen molar-refractivity contribution in [2.24, 2.45) is 0 Å². The summed E-state index contributed by atoms with van der Waals surface area (Å²) in [4.78, 5) is 29.3. The number of rotatable bonds is 3. The van der Waals surface area contributed by atoms with Crippen molar-refractivity contribution in [3.63, 3.8) is 0 Å². The van der Waals surface area contributed by atoms with Crippen molar-refractivity contribution in [1.82, 2.24) is 25.1 Å². The molecule has 1 fully saturated rings. The fourth-order valence-electron chi connectivity index (χ4n) is 2.73. The third-order valence-corrected chi connectivity index (χ3v) is 4.04. The highest BCUT2D eigenvalue weighted by Crippen LogP contribution is 2.30. The van der Waals surface area contributed by atoms with Crippen LogP contribution in [0, 0.1) is 11.8 Å². The van der Waals surface area contributed by atoms with E-state index in [0.29, 0.717) is 0 Å². The highest BCUT2D eigenvalue weighted by molar-refractivity contribution is 5.82. The van der Waals surface area contributed by atoms with E-state index in [2.05, 4.69) is 26.9 Å². The van der Waals surface area contributed by atoms with E-state index >= 15 is 0 Å². The van der Waals surface area contributed by atoms with Gasteiger partial charge in [0.15, 0.2) is 17.6 Å². The minimum atomic E-state index is -5.04. The molecule has 0 aromatic carbocycles. The summed E-state index contributed by atoms with van der Waals surface area (Å²) in [7, 11) is 0. The second kappa shape index (κ2) is 7.70. The van der Waals surface area contributed by atoms with Gasteiger partial charge in [-0.2, -0.15) is 23.3 Å². The van der Waals surface area contributed by atoms with E-state index in [9.17, 15) is 33.0 Å². The molecule has 1 amide bonds. The number of anilines is 1. The zero-order valence-corrected chi connectivity index (χ0v) is 14.5. The molecule has 3 heterocycles. The quantitative estimate of drug-likeness (QED) is 0.372. The van der Waals surface area contributed by atoms with Gasteiger partial charge in [-0.1, -0.05) is 5.92 Å². The molecule has 0 spiro atoms. The van der Waals surface area contributed by atoms with E-state index in [4.69, 9.17) is 10.5 Å². The predicted molar refractivity (Wildman–Crippen MR) is 90.1 cm³/mol. The third-order valence-electron chi connectivity index (χ3n) is 4.04. The number of ether oxygens (including phenoxy) is 1. The summed E-state index contributed by atoms with van der Waals surface area (Å²) in [6, 6.07) is 0. The topological polar surface area (TPSA) is 168 Å². The number of alkyl halides is 3. The number of amides is 1. The van der Waals surface area contributed by atoms with Crippen molar-refractivity contribution < 1.29 is 32.9 Å². The largest absolute Gasteiger partial charge is 0.471 e. The van der Waals surface area contributed by atoms with Crippen LogP contribution in [0.3, 0.4) is 0 Å². The Balaban J connectivity index is 1.94. The van der Waals surface area contributed by atoms with Crippen LogP contribution in [0.2, 0.25) is 0 Å². The fourth-order valence-corrected chi connectivity index (χ4v) is 2.73. The SMILES string of the molecule is Nc1nc2c(c(C#CCNC(=O)C(F)(F)F)nn2[C@H]2CC(O)[C@@H](CO)O2)c(=O)[nH]1. The maximum absolute atomic E-state index is 12.3. The van der Waals surface area contributed by atoms with E-state index in [1.165, 1.54) is 0 Å². The first kappa shape index (κ1) is 20.6. The van der Waals surface area contributed by atoms with Crippen LogP contribution in [0.4, 0.5) is 19.1 Å². The first-order chi connectivity index (χ1) is 13.6. The number of hydrogen-bond acceptors (Lipinski definition) is 8. The van der Waals surface area contributed by atoms with Gasteiger partial charge in [-0.05, 0) is 5.92 Å². The Morgan fingerprint density at radius 2 is 2.21 bits per heavy atom. The number of fused-ring (bicyclic) bond motifs is 1. The van der Waals surface area contributed by atoms with E-state index in [1.807, 2.05) is 0 Å². The number of hydrogen-bond donors (Lipinski definition) is 5. The van der Waals surface area contributed by atoms with Crippen LogP contribution in [0.15, 0.2) is 4.79 Å². The number of carbonyl (C=O) groups excluding carboxylic acids is 1. The highest BCUT2D eigenvalue weighted by atomic mass is 19.4. The molecule has 0 radical (unpaired) electrons. The number of nitrogen functional groups attached to an aromatic ring is 1. The van der Waals surface area contributed by atoms with Gasteiger partial charge in [0.1, 0.15) is 11.5 Å². The minimum Gasteiger partial charge on any atom is -0.394 e. The lowest BCUT2D eigenvalue weighted by Crippen LogP contribution is -2.36. The lowest BCUT2D eigenvalue weighted by Gasteiger charge is -2.12. The van der Waals surface area contributed by atoms with Crippen LogP contribution < -0.4 is 16.6 Å². The summed E-state index contributed by atoms with van der Waals surface area (Å²) in [5.74, 6) is 2.30. The zero-order chi connectivity index (χ0) is 21.3. The number of aromatic amines is 1. The van der Waals surface area contributed by atoms with Crippen LogP contribution in [-0.4, -0.2) is 67.4 Å². The van der Waals surface area contributed by atoms with Crippen LogP contribution >= 0.6 is 0 Å². The van der Waals surface area contributed by atoms with Crippen LogP contribution in [0.1, 0.15) is 18.3 Å². The van der Waals surface area contributed by atoms with E-state index in [-0.39, 0.29) is 29.1 Å². The van der Waals surface area contributed by atoms with Crippen molar-refractivity contribution >= 4 is 22.9 Å². The molecule has 3 atom stereocenters. The molecule has 0 aliphatic carbocycles. The standard InChI is InChI=1S/C15H15F3N6O5/c16-15(17,18)13(28)20-3-1-2-6-10-11(21-14(19)22-12(10)27)24(23-6)9-4-7(26)8(5-25)29-9/h7-9,25-26H,3-5H2,(H,20,28)(H3,19,21,22,27)/t7?,8-,9-/m1/s1. The Bertz CT molecular complexity index is 1050. The summed E-state index contributed by atoms with van der Waals surface area (Å²) in [6.45, 7) is -1.09. The van der Waals surface area contributed by atoms with E-state index in [0.717, 1.165) is 4.68 Å². The van der Waals surface area contributed by atoms with Crippen molar-refractivity contribution in [3.8, 4) is 11.8 Å². The number of nitrogens with one attached hydrogen (secondary N) is 2. The van der Waals surface area contributed by atoms with Crippen molar-refractivity contribution in [2.45, 2.75) is 31.0 Å². The van der Waals surface area contributed by atoms with Crippen molar-refractivity contribution in [2.75, 3.05) is 18.9 Å². The summed E-state index contributed by atoms with van der Waals surface area (Å²) in [6.07, 6.45) is -7.76. The van der Waals surface area contributed by atoms with Crippen molar-refractivity contribution in [3.05, 3.63) is 16.0 Å². The molecule has 0 saturated carbocycles. The number of H-pyrrole nitrogens is 1. The maximum Gasteiger partial charge on any atom is 0.471 e. The van der Waals surface area contributed by atoms with Gasteiger partial charge >= 0.3 is 12.1 Å². The van der Waals surface area contributed by atoms with Crippen LogP contribution in [-0.2, 0) is 9.53 Å². The van der Waals surface area contributed by atoms with Gasteiger partial charge in [0, 0.05) is 6.42 Å². The number of aliphatic hydroxyl groups excluding tert-OH is 2. The Morgan fingerprint density at radius 3 is 2.83 bits per heavy atom. The minimum absolute atomic E-state index is 0.0225. The van der Waals surface area contributed by atoms with Crippen LogP contribution in [0.25, 0.3) is 11.0 Å². The number of nitrogens with two attached hydrogens (primary N) is 1. The number of aromatic nitrogens is 4. The molecule has 29 heavy (non-hydrogen) atoms. The number of carbonyl (C=O) groups is 1. The smallest absolute Gasteiger partial charge is 0.394 e. The van der Waals surface area contributed by atoms with Gasteiger partial charge in [0.2, 0.25) is 5.95 Å². The van der Waals surface area contributed by atoms with Crippen molar-refractivity contribution in [1.29, 1.82) is 0 Å². The molecule has 2 aromatic heterocycles. The molecule has 11 nitrogen and oxygen atoms in total.